The number of anilines is 1. The van der Waals surface area contributed by atoms with Crippen molar-refractivity contribution >= 4 is 29.8 Å². The van der Waals surface area contributed by atoms with Crippen LogP contribution in [0.2, 0.25) is 0 Å². The molecule has 20 heavy (non-hydrogen) atoms. The maximum Gasteiger partial charge on any atom is 0.223 e. The van der Waals surface area contributed by atoms with Gasteiger partial charge in [-0.05, 0) is 19.1 Å². The summed E-state index contributed by atoms with van der Waals surface area (Å²) in [6.45, 7) is 4.01. The number of hydrogen-bond donors (Lipinski definition) is 0. The van der Waals surface area contributed by atoms with E-state index in [4.69, 9.17) is 0 Å². The predicted molar refractivity (Wildman–Crippen MR) is 84.5 cm³/mol. The Morgan fingerprint density at radius 2 is 1.90 bits per heavy atom. The number of carbonyl (C=O) groups is 2. The highest BCUT2D eigenvalue weighted by molar-refractivity contribution is 6.05. The number of carbonyl (C=O) groups excluding carboxylic acids is 2. The summed E-state index contributed by atoms with van der Waals surface area (Å²) in [7, 11) is 3.71. The lowest BCUT2D eigenvalue weighted by molar-refractivity contribution is -0.116. The summed E-state index contributed by atoms with van der Waals surface area (Å²) in [5, 5.41) is 0. The molecular formula is C15H21ClN2O2. The van der Waals surface area contributed by atoms with E-state index in [0.29, 0.717) is 12.1 Å². The van der Waals surface area contributed by atoms with E-state index in [1.807, 2.05) is 27.1 Å². The molecule has 0 unspecified atom stereocenters. The Kier molecular flexibility index (Phi) is 7.62. The van der Waals surface area contributed by atoms with E-state index in [9.17, 15) is 9.59 Å². The molecule has 0 heterocycles. The van der Waals surface area contributed by atoms with E-state index in [2.05, 4.69) is 0 Å². The number of benzene rings is 1. The zero-order chi connectivity index (χ0) is 14.4. The Morgan fingerprint density at radius 1 is 1.25 bits per heavy atom. The molecule has 0 N–H and O–H groups in total. The molecular weight excluding hydrogens is 276 g/mol. The number of halogens is 1. The fraction of sp³-hybridized carbons (Fsp3) is 0.333. The highest BCUT2D eigenvalue weighted by Gasteiger charge is 2.10. The lowest BCUT2D eigenvalue weighted by Crippen LogP contribution is -2.27. The van der Waals surface area contributed by atoms with Gasteiger partial charge in [-0.2, -0.15) is 0 Å². The summed E-state index contributed by atoms with van der Waals surface area (Å²) >= 11 is 0. The standard InChI is InChI=1S/C15H20N2O2.ClH/c1-5-17(12(2)18)14-8-6-7-13(11-14)15(19)9-10-16(3)4;/h6-11H,5H2,1-4H3;1H/b10-9+;. The van der Waals surface area contributed by atoms with Crippen LogP contribution in [0.4, 0.5) is 5.69 Å². The second kappa shape index (κ2) is 8.38. The van der Waals surface area contributed by atoms with Gasteiger partial charge in [-0.15, -0.1) is 12.4 Å². The minimum atomic E-state index is -0.0739. The summed E-state index contributed by atoms with van der Waals surface area (Å²) in [5.41, 5.74) is 1.33. The minimum Gasteiger partial charge on any atom is -0.383 e. The van der Waals surface area contributed by atoms with Crippen molar-refractivity contribution in [2.75, 3.05) is 25.5 Å². The number of ketones is 1. The van der Waals surface area contributed by atoms with Gasteiger partial charge >= 0.3 is 0 Å². The number of hydrogen-bond acceptors (Lipinski definition) is 3. The molecule has 0 radical (unpaired) electrons. The lowest BCUT2D eigenvalue weighted by atomic mass is 10.1. The molecule has 110 valence electrons. The lowest BCUT2D eigenvalue weighted by Gasteiger charge is -2.19. The van der Waals surface area contributed by atoms with Gasteiger partial charge in [0.15, 0.2) is 5.78 Å². The monoisotopic (exact) mass is 296 g/mol. The van der Waals surface area contributed by atoms with Crippen LogP contribution in [-0.4, -0.2) is 37.2 Å². The molecule has 0 aliphatic rings. The van der Waals surface area contributed by atoms with Crippen molar-refractivity contribution in [3.05, 3.63) is 42.1 Å². The molecule has 0 atom stereocenters. The van der Waals surface area contributed by atoms with E-state index >= 15 is 0 Å². The molecule has 0 aliphatic carbocycles. The van der Waals surface area contributed by atoms with Gasteiger partial charge in [-0.25, -0.2) is 0 Å². The van der Waals surface area contributed by atoms with Gasteiger partial charge in [0.05, 0.1) is 0 Å². The highest BCUT2D eigenvalue weighted by Crippen LogP contribution is 2.17. The van der Waals surface area contributed by atoms with Gasteiger partial charge < -0.3 is 9.80 Å². The van der Waals surface area contributed by atoms with E-state index in [1.54, 1.807) is 34.2 Å². The van der Waals surface area contributed by atoms with E-state index < -0.39 is 0 Å². The third-order valence-electron chi connectivity index (χ3n) is 2.66. The first-order valence-electron chi connectivity index (χ1n) is 6.22. The number of allylic oxidation sites excluding steroid dienone is 1. The summed E-state index contributed by atoms with van der Waals surface area (Å²) in [6, 6.07) is 7.11. The molecule has 0 fully saturated rings. The maximum absolute atomic E-state index is 12.0. The first kappa shape index (κ1) is 18.2. The predicted octanol–water partition coefficient (Wildman–Crippen LogP) is 2.74. The van der Waals surface area contributed by atoms with Crippen molar-refractivity contribution in [3.63, 3.8) is 0 Å². The highest BCUT2D eigenvalue weighted by atomic mass is 35.5. The van der Waals surface area contributed by atoms with Crippen LogP contribution in [0.15, 0.2) is 36.5 Å². The zero-order valence-electron chi connectivity index (χ0n) is 12.3. The van der Waals surface area contributed by atoms with Crippen molar-refractivity contribution in [1.29, 1.82) is 0 Å². The summed E-state index contributed by atoms with van der Waals surface area (Å²) in [5.74, 6) is -0.105. The van der Waals surface area contributed by atoms with Crippen LogP contribution in [0.1, 0.15) is 24.2 Å². The van der Waals surface area contributed by atoms with Crippen molar-refractivity contribution in [2.24, 2.45) is 0 Å². The molecule has 0 spiro atoms. The SMILES string of the molecule is CCN(C(C)=O)c1cccc(C(=O)/C=C/N(C)C)c1.Cl. The molecule has 0 bridgehead atoms. The van der Waals surface area contributed by atoms with Crippen LogP contribution in [0.5, 0.6) is 0 Å². The third-order valence-corrected chi connectivity index (χ3v) is 2.66. The first-order valence-corrected chi connectivity index (χ1v) is 6.22. The molecule has 5 heteroatoms. The van der Waals surface area contributed by atoms with Gasteiger partial charge in [-0.3, -0.25) is 9.59 Å². The average Bonchev–Trinajstić information content (AvgIpc) is 2.36. The number of rotatable bonds is 5. The van der Waals surface area contributed by atoms with Crippen molar-refractivity contribution in [2.45, 2.75) is 13.8 Å². The normalized spacial score (nSPS) is 10.0. The molecule has 0 saturated carbocycles. The van der Waals surface area contributed by atoms with Gasteiger partial charge in [0.25, 0.3) is 0 Å². The minimum absolute atomic E-state index is 0. The van der Waals surface area contributed by atoms with Gasteiger partial charge in [0.1, 0.15) is 0 Å². The molecule has 0 aliphatic heterocycles. The molecule has 1 aromatic rings. The van der Waals surface area contributed by atoms with Crippen molar-refractivity contribution in [1.82, 2.24) is 4.90 Å². The van der Waals surface area contributed by atoms with Gasteiger partial charge in [0, 0.05) is 51.1 Å². The molecule has 1 rings (SSSR count). The second-order valence-corrected chi connectivity index (χ2v) is 4.46. The van der Waals surface area contributed by atoms with Gasteiger partial charge in [-0.1, -0.05) is 12.1 Å². The van der Waals surface area contributed by atoms with Crippen LogP contribution < -0.4 is 4.90 Å². The Hall–Kier alpha value is -1.81. The Labute approximate surface area is 126 Å². The summed E-state index contributed by atoms with van der Waals surface area (Å²) < 4.78 is 0. The van der Waals surface area contributed by atoms with Crippen molar-refractivity contribution < 1.29 is 9.59 Å². The fourth-order valence-electron chi connectivity index (χ4n) is 1.73. The maximum atomic E-state index is 12.0. The van der Waals surface area contributed by atoms with Crippen molar-refractivity contribution in [3.8, 4) is 0 Å². The first-order chi connectivity index (χ1) is 8.95. The zero-order valence-corrected chi connectivity index (χ0v) is 13.1. The molecule has 4 nitrogen and oxygen atoms in total. The average molecular weight is 297 g/mol. The largest absolute Gasteiger partial charge is 0.383 e. The Bertz CT molecular complexity index is 498. The van der Waals surface area contributed by atoms with Crippen LogP contribution >= 0.6 is 12.4 Å². The molecule has 1 aromatic carbocycles. The van der Waals surface area contributed by atoms with Crippen LogP contribution in [0, 0.1) is 0 Å². The summed E-state index contributed by atoms with van der Waals surface area (Å²) in [4.78, 5) is 26.9. The second-order valence-electron chi connectivity index (χ2n) is 4.46. The third kappa shape index (κ3) is 5.05. The summed E-state index contributed by atoms with van der Waals surface area (Å²) in [6.07, 6.45) is 3.22. The van der Waals surface area contributed by atoms with E-state index in [1.165, 1.54) is 13.0 Å². The quantitative estimate of drug-likeness (QED) is 0.620. The van der Waals surface area contributed by atoms with Crippen LogP contribution in [0.3, 0.4) is 0 Å². The smallest absolute Gasteiger partial charge is 0.223 e. The Morgan fingerprint density at radius 3 is 2.40 bits per heavy atom. The molecule has 0 aromatic heterocycles. The van der Waals surface area contributed by atoms with Crippen LogP contribution in [0.25, 0.3) is 0 Å². The topological polar surface area (TPSA) is 40.6 Å². The molecule has 1 amide bonds. The fourth-order valence-corrected chi connectivity index (χ4v) is 1.73. The Balaban J connectivity index is 0.00000361. The number of nitrogens with zero attached hydrogens (tertiary/aromatic N) is 2. The molecule has 0 saturated heterocycles. The van der Waals surface area contributed by atoms with E-state index in [0.717, 1.165) is 5.69 Å². The number of amides is 1. The van der Waals surface area contributed by atoms with Gasteiger partial charge in [0.2, 0.25) is 5.91 Å². The van der Waals surface area contributed by atoms with E-state index in [-0.39, 0.29) is 24.1 Å². The van der Waals surface area contributed by atoms with Crippen LogP contribution in [-0.2, 0) is 4.79 Å².